The first-order valence-corrected chi connectivity index (χ1v) is 8.38. The molecular weight excluding hydrogens is 336 g/mol. The summed E-state index contributed by atoms with van der Waals surface area (Å²) in [5.74, 6) is 0.818. The number of benzene rings is 1. The van der Waals surface area contributed by atoms with Gasteiger partial charge in [-0.2, -0.15) is 0 Å². The number of amides is 1. The smallest absolute Gasteiger partial charge is 0.233 e. The third-order valence-electron chi connectivity index (χ3n) is 3.42. The van der Waals surface area contributed by atoms with E-state index in [1.54, 1.807) is 11.8 Å². The minimum Gasteiger partial charge on any atom is -0.326 e. The fourth-order valence-corrected chi connectivity index (χ4v) is 4.06. The second-order valence-electron chi connectivity index (χ2n) is 4.68. The van der Waals surface area contributed by atoms with Crippen molar-refractivity contribution in [3.05, 3.63) is 52.8 Å². The van der Waals surface area contributed by atoms with Gasteiger partial charge in [-0.05, 0) is 31.2 Å². The van der Waals surface area contributed by atoms with Crippen LogP contribution >= 0.6 is 27.7 Å². The number of carbonyl (C=O) groups is 1. The van der Waals surface area contributed by atoms with E-state index < -0.39 is 0 Å². The molecule has 1 amide bonds. The van der Waals surface area contributed by atoms with Crippen LogP contribution in [0.4, 0.5) is 0 Å². The van der Waals surface area contributed by atoms with Crippen LogP contribution in [0.1, 0.15) is 17.9 Å². The van der Waals surface area contributed by atoms with Gasteiger partial charge in [-0.15, -0.1) is 11.8 Å². The second kappa shape index (κ2) is 5.66. The van der Waals surface area contributed by atoms with Gasteiger partial charge in [-0.25, -0.2) is 0 Å². The predicted octanol–water partition coefficient (Wildman–Crippen LogP) is 3.83. The van der Waals surface area contributed by atoms with Gasteiger partial charge in [0.1, 0.15) is 5.37 Å². The Morgan fingerprint density at radius 2 is 2.25 bits per heavy atom. The molecule has 0 saturated carbocycles. The maximum atomic E-state index is 11.8. The van der Waals surface area contributed by atoms with Gasteiger partial charge in [0.25, 0.3) is 0 Å². The van der Waals surface area contributed by atoms with Crippen molar-refractivity contribution in [3.63, 3.8) is 0 Å². The molecule has 1 aromatic heterocycles. The largest absolute Gasteiger partial charge is 0.326 e. The minimum atomic E-state index is 0.154. The van der Waals surface area contributed by atoms with Gasteiger partial charge in [0, 0.05) is 34.7 Å². The molecule has 2 aromatic rings. The SMILES string of the molecule is CCN1C(=O)CSC1c1ccn(-c2cccc(Br)c2)c1. The molecule has 2 heterocycles. The zero-order valence-electron chi connectivity index (χ0n) is 11.1. The standard InChI is InChI=1S/C15H15BrN2OS/c1-2-18-14(19)10-20-15(18)11-6-7-17(9-11)13-5-3-4-12(16)8-13/h3-9,15H,2,10H2,1H3. The number of rotatable bonds is 3. The summed E-state index contributed by atoms with van der Waals surface area (Å²) in [6.07, 6.45) is 4.16. The van der Waals surface area contributed by atoms with Gasteiger partial charge in [-0.3, -0.25) is 4.79 Å². The van der Waals surface area contributed by atoms with Crippen LogP contribution in [0.15, 0.2) is 47.2 Å². The van der Waals surface area contributed by atoms with Crippen molar-refractivity contribution in [1.29, 1.82) is 0 Å². The van der Waals surface area contributed by atoms with Crippen molar-refractivity contribution in [1.82, 2.24) is 9.47 Å². The Balaban J connectivity index is 1.89. The maximum Gasteiger partial charge on any atom is 0.233 e. The first-order chi connectivity index (χ1) is 9.69. The summed E-state index contributed by atoms with van der Waals surface area (Å²) < 4.78 is 3.16. The van der Waals surface area contributed by atoms with Gasteiger partial charge in [0.05, 0.1) is 5.75 Å². The van der Waals surface area contributed by atoms with E-state index in [2.05, 4.69) is 44.9 Å². The quantitative estimate of drug-likeness (QED) is 0.840. The Labute approximate surface area is 131 Å². The molecule has 1 atom stereocenters. The van der Waals surface area contributed by atoms with E-state index in [9.17, 15) is 4.79 Å². The average Bonchev–Trinajstić information content (AvgIpc) is 3.04. The maximum absolute atomic E-state index is 11.8. The Morgan fingerprint density at radius 1 is 1.40 bits per heavy atom. The highest BCUT2D eigenvalue weighted by Gasteiger charge is 2.31. The predicted molar refractivity (Wildman–Crippen MR) is 86.1 cm³/mol. The first-order valence-electron chi connectivity index (χ1n) is 6.54. The highest BCUT2D eigenvalue weighted by molar-refractivity contribution is 9.10. The number of thioether (sulfide) groups is 1. The van der Waals surface area contributed by atoms with Crippen LogP contribution in [0.5, 0.6) is 0 Å². The third-order valence-corrected chi connectivity index (χ3v) is 5.17. The summed E-state index contributed by atoms with van der Waals surface area (Å²) in [6.45, 7) is 2.79. The van der Waals surface area contributed by atoms with Crippen molar-refractivity contribution >= 4 is 33.6 Å². The summed E-state index contributed by atoms with van der Waals surface area (Å²) >= 11 is 5.19. The van der Waals surface area contributed by atoms with Crippen LogP contribution in [0, 0.1) is 0 Å². The Morgan fingerprint density at radius 3 is 3.00 bits per heavy atom. The number of nitrogens with zero attached hydrogens (tertiary/aromatic N) is 2. The first kappa shape index (κ1) is 13.8. The molecule has 3 rings (SSSR count). The fourth-order valence-electron chi connectivity index (χ4n) is 2.43. The van der Waals surface area contributed by atoms with E-state index in [0.29, 0.717) is 5.75 Å². The van der Waals surface area contributed by atoms with Gasteiger partial charge >= 0.3 is 0 Å². The lowest BCUT2D eigenvalue weighted by molar-refractivity contribution is -0.127. The molecule has 0 bridgehead atoms. The zero-order chi connectivity index (χ0) is 14.1. The van der Waals surface area contributed by atoms with Crippen molar-refractivity contribution in [3.8, 4) is 5.69 Å². The third kappa shape index (κ3) is 2.52. The summed E-state index contributed by atoms with van der Waals surface area (Å²) in [5, 5.41) is 0.154. The summed E-state index contributed by atoms with van der Waals surface area (Å²) in [5.41, 5.74) is 2.30. The van der Waals surface area contributed by atoms with E-state index in [4.69, 9.17) is 0 Å². The molecule has 0 aliphatic carbocycles. The number of carbonyl (C=O) groups excluding carboxylic acids is 1. The molecule has 5 heteroatoms. The minimum absolute atomic E-state index is 0.154. The topological polar surface area (TPSA) is 25.2 Å². The van der Waals surface area contributed by atoms with Gasteiger partial charge in [0.15, 0.2) is 0 Å². The van der Waals surface area contributed by atoms with Gasteiger partial charge in [0.2, 0.25) is 5.91 Å². The molecule has 1 aliphatic rings. The fraction of sp³-hybridized carbons (Fsp3) is 0.267. The monoisotopic (exact) mass is 350 g/mol. The van der Waals surface area contributed by atoms with Crippen molar-refractivity contribution in [2.75, 3.05) is 12.3 Å². The summed E-state index contributed by atoms with van der Waals surface area (Å²) in [6, 6.07) is 10.3. The van der Waals surface area contributed by atoms with Crippen LogP contribution in [-0.2, 0) is 4.79 Å². The number of hydrogen-bond donors (Lipinski definition) is 0. The summed E-state index contributed by atoms with van der Waals surface area (Å²) in [4.78, 5) is 13.7. The molecule has 20 heavy (non-hydrogen) atoms. The normalized spacial score (nSPS) is 18.8. The van der Waals surface area contributed by atoms with Crippen molar-refractivity contribution in [2.45, 2.75) is 12.3 Å². The van der Waals surface area contributed by atoms with E-state index in [-0.39, 0.29) is 11.3 Å². The lowest BCUT2D eigenvalue weighted by Crippen LogP contribution is -2.27. The molecule has 0 spiro atoms. The Hall–Kier alpha value is -1.20. The highest BCUT2D eigenvalue weighted by atomic mass is 79.9. The van der Waals surface area contributed by atoms with E-state index in [0.717, 1.165) is 16.7 Å². The van der Waals surface area contributed by atoms with Gasteiger partial charge in [-0.1, -0.05) is 22.0 Å². The molecular formula is C15H15BrN2OS. The molecule has 3 nitrogen and oxygen atoms in total. The van der Waals surface area contributed by atoms with Crippen molar-refractivity contribution < 1.29 is 4.79 Å². The molecule has 104 valence electrons. The van der Waals surface area contributed by atoms with Crippen LogP contribution in [-0.4, -0.2) is 27.7 Å². The Kier molecular flexibility index (Phi) is 3.89. The van der Waals surface area contributed by atoms with Crippen LogP contribution in [0.25, 0.3) is 5.69 Å². The van der Waals surface area contributed by atoms with Crippen LogP contribution < -0.4 is 0 Å². The molecule has 0 N–H and O–H groups in total. The summed E-state index contributed by atoms with van der Waals surface area (Å²) in [7, 11) is 0. The highest BCUT2D eigenvalue weighted by Crippen LogP contribution is 2.38. The van der Waals surface area contributed by atoms with E-state index in [1.807, 2.05) is 30.2 Å². The molecule has 0 radical (unpaired) electrons. The van der Waals surface area contributed by atoms with Crippen LogP contribution in [0.2, 0.25) is 0 Å². The van der Waals surface area contributed by atoms with E-state index >= 15 is 0 Å². The lowest BCUT2D eigenvalue weighted by Gasteiger charge is -2.21. The molecule has 1 saturated heterocycles. The van der Waals surface area contributed by atoms with Crippen molar-refractivity contribution in [2.24, 2.45) is 0 Å². The lowest BCUT2D eigenvalue weighted by atomic mass is 10.3. The second-order valence-corrected chi connectivity index (χ2v) is 6.66. The zero-order valence-corrected chi connectivity index (χ0v) is 13.5. The molecule has 1 aromatic carbocycles. The molecule has 1 aliphatic heterocycles. The molecule has 1 unspecified atom stereocenters. The van der Waals surface area contributed by atoms with Crippen LogP contribution in [0.3, 0.4) is 0 Å². The average molecular weight is 351 g/mol. The Bertz CT molecular complexity index is 640. The molecule has 1 fully saturated rings. The number of halogens is 1. The number of hydrogen-bond acceptors (Lipinski definition) is 2. The van der Waals surface area contributed by atoms with E-state index in [1.165, 1.54) is 5.56 Å². The number of aromatic nitrogens is 1. The van der Waals surface area contributed by atoms with Gasteiger partial charge < -0.3 is 9.47 Å².